The Balaban J connectivity index is 1.73. The van der Waals surface area contributed by atoms with Crippen LogP contribution in [-0.4, -0.2) is 34.4 Å². The maximum atomic E-state index is 6.11. The summed E-state index contributed by atoms with van der Waals surface area (Å²) in [4.78, 5) is 2.44. The zero-order valence-corrected chi connectivity index (χ0v) is 19.6. The van der Waals surface area contributed by atoms with E-state index < -0.39 is 0 Å². The number of aromatic nitrogens is 2. The number of benzene rings is 1. The van der Waals surface area contributed by atoms with Gasteiger partial charge in [0, 0.05) is 24.6 Å². The molecular weight excluding hydrogens is 370 g/mol. The lowest BCUT2D eigenvalue weighted by molar-refractivity contribution is -0.0370. The Bertz CT molecular complexity index is 899. The summed E-state index contributed by atoms with van der Waals surface area (Å²) < 4.78 is 8.28. The highest BCUT2D eigenvalue weighted by atomic mass is 16.5. The van der Waals surface area contributed by atoms with Gasteiger partial charge in [-0.15, -0.1) is 0 Å². The molecule has 2 unspecified atom stereocenters. The van der Waals surface area contributed by atoms with Crippen molar-refractivity contribution >= 4 is 16.5 Å². The van der Waals surface area contributed by atoms with E-state index in [1.54, 1.807) is 0 Å². The first-order valence-corrected chi connectivity index (χ1v) is 11.9. The summed E-state index contributed by atoms with van der Waals surface area (Å²) in [6.07, 6.45) is 11.0. The third kappa shape index (κ3) is 4.50. The van der Waals surface area contributed by atoms with Crippen LogP contribution in [-0.2, 0) is 11.3 Å². The summed E-state index contributed by atoms with van der Waals surface area (Å²) in [6, 6.07) is 7.44. The molecule has 1 fully saturated rings. The largest absolute Gasteiger partial charge is 0.356 e. The Labute approximate surface area is 182 Å². The monoisotopic (exact) mass is 409 g/mol. The quantitative estimate of drug-likeness (QED) is 0.560. The van der Waals surface area contributed by atoms with Crippen molar-refractivity contribution in [1.82, 2.24) is 14.7 Å². The van der Waals surface area contributed by atoms with E-state index in [1.807, 2.05) is 0 Å². The van der Waals surface area contributed by atoms with Crippen molar-refractivity contribution in [1.29, 1.82) is 0 Å². The van der Waals surface area contributed by atoms with E-state index >= 15 is 0 Å². The number of ether oxygens (including phenoxy) is 1. The van der Waals surface area contributed by atoms with Gasteiger partial charge in [-0.3, -0.25) is 4.90 Å². The number of nitrogens with zero attached hydrogens (tertiary/aromatic N) is 3. The van der Waals surface area contributed by atoms with E-state index in [0.29, 0.717) is 6.04 Å². The van der Waals surface area contributed by atoms with Crippen LogP contribution in [0.4, 0.5) is 0 Å². The Morgan fingerprint density at radius 1 is 1.20 bits per heavy atom. The number of hydrogen-bond donors (Lipinski definition) is 0. The average molecular weight is 410 g/mol. The van der Waals surface area contributed by atoms with Gasteiger partial charge in [0.15, 0.2) is 6.23 Å². The minimum atomic E-state index is 0.0695. The van der Waals surface area contributed by atoms with Gasteiger partial charge in [-0.1, -0.05) is 32.9 Å². The van der Waals surface area contributed by atoms with Crippen LogP contribution < -0.4 is 0 Å². The molecule has 1 aromatic heterocycles. The van der Waals surface area contributed by atoms with Crippen LogP contribution in [0.2, 0.25) is 0 Å². The van der Waals surface area contributed by atoms with Crippen molar-refractivity contribution in [3.63, 3.8) is 0 Å². The van der Waals surface area contributed by atoms with Crippen LogP contribution in [0.5, 0.6) is 0 Å². The van der Waals surface area contributed by atoms with Gasteiger partial charge in [-0.2, -0.15) is 5.10 Å². The molecule has 2 heterocycles. The molecule has 2 aromatic rings. The van der Waals surface area contributed by atoms with Crippen molar-refractivity contribution in [2.75, 3.05) is 13.7 Å². The van der Waals surface area contributed by atoms with Crippen LogP contribution in [0.1, 0.15) is 90.1 Å². The highest BCUT2D eigenvalue weighted by Gasteiger charge is 2.27. The lowest BCUT2D eigenvalue weighted by Gasteiger charge is -2.35. The molecule has 1 aromatic carbocycles. The minimum absolute atomic E-state index is 0.0695. The first kappa shape index (κ1) is 21.6. The summed E-state index contributed by atoms with van der Waals surface area (Å²) in [5.41, 5.74) is 5.51. The van der Waals surface area contributed by atoms with E-state index in [2.05, 4.69) is 68.6 Å². The first-order chi connectivity index (χ1) is 14.3. The standard InChI is InChI=1S/C26H39N3O/c1-19(26(2,3)4)28(5)18-23-22-17-21(20-11-7-6-8-12-20)14-15-24(22)29(27-23)25-13-9-10-16-30-25/h11,14-15,17,19,25H,6-10,12-13,16,18H2,1-5H3. The molecule has 164 valence electrons. The van der Waals surface area contributed by atoms with Crippen LogP contribution in [0.15, 0.2) is 24.3 Å². The van der Waals surface area contributed by atoms with E-state index in [0.717, 1.165) is 26.0 Å². The fourth-order valence-electron chi connectivity index (χ4n) is 4.79. The van der Waals surface area contributed by atoms with Gasteiger partial charge in [-0.25, -0.2) is 4.68 Å². The second-order valence-electron chi connectivity index (χ2n) is 10.4. The summed E-state index contributed by atoms with van der Waals surface area (Å²) in [7, 11) is 2.23. The molecule has 0 spiro atoms. The predicted octanol–water partition coefficient (Wildman–Crippen LogP) is 6.56. The van der Waals surface area contributed by atoms with Gasteiger partial charge in [0.05, 0.1) is 11.2 Å². The van der Waals surface area contributed by atoms with E-state index in [-0.39, 0.29) is 11.6 Å². The molecule has 30 heavy (non-hydrogen) atoms. The van der Waals surface area contributed by atoms with Crippen molar-refractivity contribution in [2.24, 2.45) is 5.41 Å². The minimum Gasteiger partial charge on any atom is -0.356 e. The van der Waals surface area contributed by atoms with E-state index in [9.17, 15) is 0 Å². The Morgan fingerprint density at radius 2 is 2.03 bits per heavy atom. The van der Waals surface area contributed by atoms with Crippen LogP contribution in [0.25, 0.3) is 16.5 Å². The normalized spacial score (nSPS) is 21.8. The maximum Gasteiger partial charge on any atom is 0.150 e. The Morgan fingerprint density at radius 3 is 2.70 bits per heavy atom. The Kier molecular flexibility index (Phi) is 6.36. The fraction of sp³-hybridized carbons (Fsp3) is 0.654. The highest BCUT2D eigenvalue weighted by Crippen LogP contribution is 2.34. The molecule has 0 bridgehead atoms. The molecule has 0 saturated carbocycles. The third-order valence-electron chi connectivity index (χ3n) is 7.19. The van der Waals surface area contributed by atoms with E-state index in [1.165, 1.54) is 59.8 Å². The average Bonchev–Trinajstić information content (AvgIpc) is 3.11. The molecular formula is C26H39N3O. The molecule has 4 nitrogen and oxygen atoms in total. The van der Waals surface area contributed by atoms with Crippen LogP contribution >= 0.6 is 0 Å². The van der Waals surface area contributed by atoms with Crippen LogP contribution in [0.3, 0.4) is 0 Å². The fourth-order valence-corrected chi connectivity index (χ4v) is 4.79. The topological polar surface area (TPSA) is 30.3 Å². The summed E-state index contributed by atoms with van der Waals surface area (Å²) >= 11 is 0. The smallest absolute Gasteiger partial charge is 0.150 e. The molecule has 0 N–H and O–H groups in total. The van der Waals surface area contributed by atoms with Gasteiger partial charge in [0.1, 0.15) is 0 Å². The molecule has 4 heteroatoms. The van der Waals surface area contributed by atoms with Gasteiger partial charge >= 0.3 is 0 Å². The van der Waals surface area contributed by atoms with Crippen molar-refractivity contribution < 1.29 is 4.74 Å². The molecule has 2 aliphatic rings. The Hall–Kier alpha value is -1.65. The number of allylic oxidation sites excluding steroid dienone is 2. The van der Waals surface area contributed by atoms with Gasteiger partial charge < -0.3 is 4.74 Å². The second-order valence-corrected chi connectivity index (χ2v) is 10.4. The number of rotatable bonds is 5. The van der Waals surface area contributed by atoms with Gasteiger partial charge in [-0.05, 0) is 87.6 Å². The number of fused-ring (bicyclic) bond motifs is 1. The molecule has 4 rings (SSSR count). The SMILES string of the molecule is CC(N(C)Cc1nn(C2CCCCO2)c2ccc(C3=CCCCC3)cc12)C(C)(C)C. The zero-order chi connectivity index (χ0) is 21.3. The summed E-state index contributed by atoms with van der Waals surface area (Å²) in [6.45, 7) is 11.0. The highest BCUT2D eigenvalue weighted by molar-refractivity contribution is 5.86. The van der Waals surface area contributed by atoms with Crippen molar-refractivity contribution in [2.45, 2.75) is 91.5 Å². The van der Waals surface area contributed by atoms with Crippen molar-refractivity contribution in [3.8, 4) is 0 Å². The van der Waals surface area contributed by atoms with Crippen LogP contribution in [0, 0.1) is 5.41 Å². The molecule has 1 aliphatic carbocycles. The van der Waals surface area contributed by atoms with Gasteiger partial charge in [0.2, 0.25) is 0 Å². The van der Waals surface area contributed by atoms with Crippen molar-refractivity contribution in [3.05, 3.63) is 35.5 Å². The summed E-state index contributed by atoms with van der Waals surface area (Å²) in [5.74, 6) is 0. The zero-order valence-electron chi connectivity index (χ0n) is 19.6. The third-order valence-corrected chi connectivity index (χ3v) is 7.19. The molecule has 0 radical (unpaired) electrons. The molecule has 1 saturated heterocycles. The first-order valence-electron chi connectivity index (χ1n) is 11.9. The predicted molar refractivity (Wildman–Crippen MR) is 125 cm³/mol. The number of hydrogen-bond acceptors (Lipinski definition) is 3. The maximum absolute atomic E-state index is 6.11. The molecule has 1 aliphatic heterocycles. The van der Waals surface area contributed by atoms with E-state index in [4.69, 9.17) is 9.84 Å². The second kappa shape index (κ2) is 8.84. The lowest BCUT2D eigenvalue weighted by Crippen LogP contribution is -2.39. The van der Waals surface area contributed by atoms with Gasteiger partial charge in [0.25, 0.3) is 0 Å². The lowest BCUT2D eigenvalue weighted by atomic mass is 9.87. The molecule has 0 amide bonds. The summed E-state index contributed by atoms with van der Waals surface area (Å²) in [5, 5.41) is 6.43. The molecule has 2 atom stereocenters.